The van der Waals surface area contributed by atoms with E-state index in [9.17, 15) is 27.5 Å². The quantitative estimate of drug-likeness (QED) is 0.420. The van der Waals surface area contributed by atoms with Gasteiger partial charge in [0.1, 0.15) is 0 Å². The van der Waals surface area contributed by atoms with Crippen LogP contribution in [0.15, 0.2) is 11.2 Å². The van der Waals surface area contributed by atoms with E-state index in [4.69, 9.17) is 9.47 Å². The highest BCUT2D eigenvalue weighted by atomic mass is 32.2. The third-order valence-electron chi connectivity index (χ3n) is 5.84. The number of aromatic nitrogens is 2. The molecule has 31 heavy (non-hydrogen) atoms. The lowest BCUT2D eigenvalue weighted by atomic mass is 9.56. The molecule has 1 saturated carbocycles. The minimum absolute atomic E-state index is 0.000229. The van der Waals surface area contributed by atoms with Gasteiger partial charge in [-0.25, -0.2) is 4.39 Å². The second kappa shape index (κ2) is 8.25. The fraction of sp³-hybridized carbons (Fsp3) is 0.737. The molecule has 0 radical (unpaired) electrons. The fourth-order valence-electron chi connectivity index (χ4n) is 3.88. The Bertz CT molecular complexity index is 819. The van der Waals surface area contributed by atoms with Crippen molar-refractivity contribution in [3.05, 3.63) is 6.07 Å². The van der Waals surface area contributed by atoms with E-state index in [1.165, 1.54) is 20.3 Å². The first-order valence-electron chi connectivity index (χ1n) is 9.48. The van der Waals surface area contributed by atoms with Crippen molar-refractivity contribution < 1.29 is 41.3 Å². The number of aliphatic carboxylic acids is 1. The molecule has 176 valence electrons. The first-order valence-corrected chi connectivity index (χ1v) is 10.3. The van der Waals surface area contributed by atoms with Gasteiger partial charge in [-0.1, -0.05) is 19.8 Å². The van der Waals surface area contributed by atoms with Gasteiger partial charge in [-0.05, 0) is 32.0 Å². The van der Waals surface area contributed by atoms with Gasteiger partial charge in [-0.3, -0.25) is 0 Å². The molecule has 0 aromatic carbocycles. The Balaban J connectivity index is 2.79. The number of hydrogen-bond donors (Lipinski definition) is 0. The van der Waals surface area contributed by atoms with Gasteiger partial charge in [0.15, 0.2) is 10.2 Å². The predicted molar refractivity (Wildman–Crippen MR) is 100 cm³/mol. The van der Waals surface area contributed by atoms with Crippen LogP contribution in [0.5, 0.6) is 11.8 Å². The highest BCUT2D eigenvalue weighted by molar-refractivity contribution is 8.00. The molecule has 1 fully saturated rings. The number of carbonyl (C=O) groups is 1. The number of ether oxygens (including phenoxy) is 2. The first-order chi connectivity index (χ1) is 14.2. The van der Waals surface area contributed by atoms with Crippen LogP contribution in [0.2, 0.25) is 0 Å². The number of rotatable bonds is 8. The molecule has 6 nitrogen and oxygen atoms in total. The van der Waals surface area contributed by atoms with Gasteiger partial charge in [0.25, 0.3) is 0 Å². The molecule has 2 rings (SSSR count). The van der Waals surface area contributed by atoms with E-state index in [2.05, 4.69) is 9.97 Å². The van der Waals surface area contributed by atoms with Crippen LogP contribution in [0, 0.1) is 10.8 Å². The molecule has 2 unspecified atom stereocenters. The molecule has 2 atom stereocenters. The molecule has 0 amide bonds. The Kier molecular flexibility index (Phi) is 6.76. The second-order valence-corrected chi connectivity index (χ2v) is 9.12. The van der Waals surface area contributed by atoms with Crippen LogP contribution in [-0.4, -0.2) is 47.0 Å². The van der Waals surface area contributed by atoms with E-state index in [1.54, 1.807) is 6.92 Å². The molecule has 0 saturated heterocycles. The summed E-state index contributed by atoms with van der Waals surface area (Å²) in [5.41, 5.74) is -6.10. The van der Waals surface area contributed by atoms with Crippen LogP contribution in [-0.2, 0) is 4.79 Å². The Morgan fingerprint density at radius 1 is 1.13 bits per heavy atom. The molecule has 0 aliphatic heterocycles. The largest absolute Gasteiger partial charge is 0.549 e. The molecular weight excluding hydrogens is 447 g/mol. The number of carboxylic acids is 1. The summed E-state index contributed by atoms with van der Waals surface area (Å²) in [5.74, 6) is -12.1. The number of carboxylic acid groups (broad SMARTS) is 1. The lowest BCUT2D eigenvalue weighted by molar-refractivity contribution is -0.365. The number of alkyl halides is 5. The maximum absolute atomic E-state index is 16.8. The smallest absolute Gasteiger partial charge is 0.319 e. The van der Waals surface area contributed by atoms with Crippen molar-refractivity contribution in [3.63, 3.8) is 0 Å². The average molecular weight is 471 g/mol. The summed E-state index contributed by atoms with van der Waals surface area (Å²) >= 11 is -0.0614. The van der Waals surface area contributed by atoms with Crippen LogP contribution in [0.1, 0.15) is 46.5 Å². The Labute approximate surface area is 180 Å². The molecule has 1 aliphatic carbocycles. The summed E-state index contributed by atoms with van der Waals surface area (Å²) in [5, 5.41) is 8.21. The molecule has 0 N–H and O–H groups in total. The Hall–Kier alpha value is -1.85. The van der Waals surface area contributed by atoms with Crippen LogP contribution in [0.4, 0.5) is 22.0 Å². The average Bonchev–Trinajstić information content (AvgIpc) is 2.68. The molecular formula is C19H24F5N2O4S-. The Morgan fingerprint density at radius 3 is 2.06 bits per heavy atom. The van der Waals surface area contributed by atoms with E-state index >= 15 is 4.39 Å². The minimum Gasteiger partial charge on any atom is -0.549 e. The summed E-state index contributed by atoms with van der Waals surface area (Å²) in [7, 11) is 2.46. The highest BCUT2D eigenvalue weighted by Gasteiger charge is 2.82. The zero-order valence-electron chi connectivity index (χ0n) is 17.7. The summed E-state index contributed by atoms with van der Waals surface area (Å²) in [6.07, 6.45) is -2.24. The second-order valence-electron chi connectivity index (χ2n) is 7.99. The van der Waals surface area contributed by atoms with Crippen LogP contribution >= 0.6 is 11.8 Å². The van der Waals surface area contributed by atoms with Gasteiger partial charge in [0.2, 0.25) is 11.8 Å². The molecule has 12 heteroatoms. The highest BCUT2D eigenvalue weighted by Crippen LogP contribution is 2.72. The minimum atomic E-state index is -4.88. The van der Waals surface area contributed by atoms with E-state index < -0.39 is 51.6 Å². The zero-order valence-corrected chi connectivity index (χ0v) is 18.5. The molecule has 1 heterocycles. The van der Waals surface area contributed by atoms with Crippen LogP contribution < -0.4 is 14.6 Å². The summed E-state index contributed by atoms with van der Waals surface area (Å²) in [6.45, 7) is 2.79. The molecule has 0 bridgehead atoms. The SMILES string of the molecule is CCCCC1(C(=O)[O-])CC(F)(F)C(F)(F)C(C)(C)C1(F)Sc1nc(OC)cc(OC)n1. The normalized spacial score (nSPS) is 28.7. The van der Waals surface area contributed by atoms with Crippen LogP contribution in [0.25, 0.3) is 0 Å². The van der Waals surface area contributed by atoms with Gasteiger partial charge < -0.3 is 19.4 Å². The van der Waals surface area contributed by atoms with Crippen molar-refractivity contribution >= 4 is 17.7 Å². The lowest BCUT2D eigenvalue weighted by Gasteiger charge is -2.60. The van der Waals surface area contributed by atoms with Crippen molar-refractivity contribution in [1.29, 1.82) is 0 Å². The van der Waals surface area contributed by atoms with Crippen molar-refractivity contribution in [2.45, 2.75) is 68.5 Å². The van der Waals surface area contributed by atoms with E-state index in [0.29, 0.717) is 20.3 Å². The molecule has 0 spiro atoms. The summed E-state index contributed by atoms with van der Waals surface area (Å²) < 4.78 is 85.6. The number of thioether (sulfide) groups is 1. The van der Waals surface area contributed by atoms with Gasteiger partial charge >= 0.3 is 11.8 Å². The monoisotopic (exact) mass is 471 g/mol. The van der Waals surface area contributed by atoms with Crippen LogP contribution in [0.3, 0.4) is 0 Å². The maximum Gasteiger partial charge on any atom is 0.319 e. The number of hydrogen-bond acceptors (Lipinski definition) is 7. The number of carbonyl (C=O) groups excluding carboxylic acids is 1. The number of methoxy groups -OCH3 is 2. The third kappa shape index (κ3) is 3.70. The number of halogens is 5. The van der Waals surface area contributed by atoms with E-state index in [0.717, 1.165) is 0 Å². The van der Waals surface area contributed by atoms with E-state index in [-0.39, 0.29) is 29.9 Å². The topological polar surface area (TPSA) is 84.4 Å². The van der Waals surface area contributed by atoms with Crippen molar-refractivity contribution in [3.8, 4) is 11.8 Å². The summed E-state index contributed by atoms with van der Waals surface area (Å²) in [6, 6.07) is 1.23. The predicted octanol–water partition coefficient (Wildman–Crippen LogP) is 3.88. The number of unbranched alkanes of at least 4 members (excludes halogenated alkanes) is 1. The standard InChI is InChI=1S/C19H25F5N2O4S/c1-6-7-8-16(13(27)28)10-17(20,21)18(22,23)15(2,3)19(16,24)31-14-25-11(29-4)9-12(26-14)30-5/h9H,6-8,10H2,1-5H3,(H,27,28)/p-1. The Morgan fingerprint density at radius 2 is 1.65 bits per heavy atom. The first kappa shape index (κ1) is 25.4. The number of nitrogens with zero attached hydrogens (tertiary/aromatic N) is 2. The lowest BCUT2D eigenvalue weighted by Crippen LogP contribution is -2.74. The molecule has 1 aliphatic rings. The zero-order chi connectivity index (χ0) is 23.9. The molecule has 1 aromatic rings. The molecule has 1 aromatic heterocycles. The van der Waals surface area contributed by atoms with Gasteiger partial charge in [0.05, 0.1) is 37.1 Å². The fourth-order valence-corrected chi connectivity index (χ4v) is 5.24. The summed E-state index contributed by atoms with van der Waals surface area (Å²) in [4.78, 5) is 19.9. The third-order valence-corrected chi connectivity index (χ3v) is 7.39. The van der Waals surface area contributed by atoms with Gasteiger partial charge in [-0.15, -0.1) is 0 Å². The van der Waals surface area contributed by atoms with Crippen molar-refractivity contribution in [2.24, 2.45) is 10.8 Å². The van der Waals surface area contributed by atoms with Crippen molar-refractivity contribution in [2.75, 3.05) is 14.2 Å². The van der Waals surface area contributed by atoms with E-state index in [1.807, 2.05) is 0 Å². The maximum atomic E-state index is 16.8. The van der Waals surface area contributed by atoms with Gasteiger partial charge in [0, 0.05) is 6.42 Å². The van der Waals surface area contributed by atoms with Crippen molar-refractivity contribution in [1.82, 2.24) is 9.97 Å². The van der Waals surface area contributed by atoms with Gasteiger partial charge in [-0.2, -0.15) is 27.5 Å².